The van der Waals surface area contributed by atoms with Crippen LogP contribution < -0.4 is 10.6 Å². The quantitative estimate of drug-likeness (QED) is 0.530. The number of carbonyl (C=O) groups excluding carboxylic acids is 2. The van der Waals surface area contributed by atoms with Crippen LogP contribution in [0.15, 0.2) is 48.5 Å². The van der Waals surface area contributed by atoms with Gasteiger partial charge in [0.05, 0.1) is 5.41 Å². The Kier molecular flexibility index (Phi) is 7.41. The van der Waals surface area contributed by atoms with Crippen molar-refractivity contribution in [3.8, 4) is 11.1 Å². The number of carboxylic acids is 1. The molecule has 0 aromatic heterocycles. The van der Waals surface area contributed by atoms with Gasteiger partial charge in [-0.2, -0.15) is 0 Å². The Morgan fingerprint density at radius 2 is 1.58 bits per heavy atom. The van der Waals surface area contributed by atoms with E-state index >= 15 is 0 Å². The molecule has 33 heavy (non-hydrogen) atoms. The van der Waals surface area contributed by atoms with Crippen molar-refractivity contribution in [1.82, 2.24) is 10.6 Å². The molecule has 7 nitrogen and oxygen atoms in total. The molecule has 3 N–H and O–H groups in total. The first kappa shape index (κ1) is 24.3. The van der Waals surface area contributed by atoms with Gasteiger partial charge in [0.25, 0.3) is 0 Å². The predicted molar refractivity (Wildman–Crippen MR) is 126 cm³/mol. The lowest BCUT2D eigenvalue weighted by atomic mass is 9.90. The second-order valence-electron chi connectivity index (χ2n) is 9.24. The number of amides is 2. The van der Waals surface area contributed by atoms with Gasteiger partial charge in [0, 0.05) is 12.5 Å². The van der Waals surface area contributed by atoms with E-state index in [2.05, 4.69) is 22.8 Å². The van der Waals surface area contributed by atoms with E-state index in [0.717, 1.165) is 22.3 Å². The first-order valence-electron chi connectivity index (χ1n) is 11.3. The normalized spacial score (nSPS) is 14.5. The van der Waals surface area contributed by atoms with E-state index in [1.54, 1.807) is 20.8 Å². The molecule has 176 valence electrons. The van der Waals surface area contributed by atoms with Crippen LogP contribution in [0.2, 0.25) is 0 Å². The molecule has 0 heterocycles. The Morgan fingerprint density at radius 1 is 1.03 bits per heavy atom. The number of benzene rings is 2. The molecule has 0 aliphatic heterocycles. The van der Waals surface area contributed by atoms with Crippen molar-refractivity contribution < 1.29 is 24.2 Å². The SMILES string of the molecule is CCC(C)[C@H](NC(=O)C(C)(C)CNC(=O)OCC1c2ccccc2-c2ccccc21)C(=O)O. The van der Waals surface area contributed by atoms with Crippen LogP contribution in [0.25, 0.3) is 11.1 Å². The molecule has 0 saturated carbocycles. The summed E-state index contributed by atoms with van der Waals surface area (Å²) < 4.78 is 5.51. The highest BCUT2D eigenvalue weighted by Gasteiger charge is 2.34. The van der Waals surface area contributed by atoms with Gasteiger partial charge in [-0.15, -0.1) is 0 Å². The number of nitrogens with one attached hydrogen (secondary N) is 2. The number of hydrogen-bond donors (Lipinski definition) is 3. The summed E-state index contributed by atoms with van der Waals surface area (Å²) in [6.07, 6.45) is 0.00446. The summed E-state index contributed by atoms with van der Waals surface area (Å²) in [7, 11) is 0. The smallest absolute Gasteiger partial charge is 0.407 e. The molecule has 1 aliphatic rings. The van der Waals surface area contributed by atoms with Gasteiger partial charge in [-0.25, -0.2) is 9.59 Å². The largest absolute Gasteiger partial charge is 0.480 e. The van der Waals surface area contributed by atoms with Crippen LogP contribution >= 0.6 is 0 Å². The summed E-state index contributed by atoms with van der Waals surface area (Å²) >= 11 is 0. The number of carbonyl (C=O) groups is 3. The molecule has 2 aromatic carbocycles. The van der Waals surface area contributed by atoms with Crippen LogP contribution in [0.1, 0.15) is 51.2 Å². The zero-order valence-corrected chi connectivity index (χ0v) is 19.6. The third-order valence-corrected chi connectivity index (χ3v) is 6.40. The number of carboxylic acid groups (broad SMARTS) is 1. The van der Waals surface area contributed by atoms with Crippen molar-refractivity contribution >= 4 is 18.0 Å². The van der Waals surface area contributed by atoms with E-state index in [1.807, 2.05) is 43.3 Å². The first-order chi connectivity index (χ1) is 15.7. The van der Waals surface area contributed by atoms with Crippen molar-refractivity contribution in [2.75, 3.05) is 13.2 Å². The molecule has 2 atom stereocenters. The fraction of sp³-hybridized carbons (Fsp3) is 0.423. The minimum atomic E-state index is -1.07. The number of hydrogen-bond acceptors (Lipinski definition) is 4. The molecule has 0 bridgehead atoms. The van der Waals surface area contributed by atoms with Crippen LogP contribution in [0.4, 0.5) is 4.79 Å². The van der Waals surface area contributed by atoms with Crippen LogP contribution in [-0.4, -0.2) is 42.3 Å². The molecule has 0 radical (unpaired) electrons. The highest BCUT2D eigenvalue weighted by molar-refractivity contribution is 5.87. The van der Waals surface area contributed by atoms with Gasteiger partial charge >= 0.3 is 12.1 Å². The summed E-state index contributed by atoms with van der Waals surface area (Å²) in [5, 5.41) is 14.7. The lowest BCUT2D eigenvalue weighted by Crippen LogP contribution is -2.52. The van der Waals surface area contributed by atoms with E-state index in [4.69, 9.17) is 4.74 Å². The zero-order chi connectivity index (χ0) is 24.2. The van der Waals surface area contributed by atoms with Crippen LogP contribution in [0, 0.1) is 11.3 Å². The molecule has 0 saturated heterocycles. The van der Waals surface area contributed by atoms with Gasteiger partial charge in [-0.3, -0.25) is 4.79 Å². The summed E-state index contributed by atoms with van der Waals surface area (Å²) in [6.45, 7) is 7.16. The fourth-order valence-electron chi connectivity index (χ4n) is 4.04. The van der Waals surface area contributed by atoms with Gasteiger partial charge in [0.2, 0.25) is 5.91 Å². The third kappa shape index (κ3) is 5.35. The van der Waals surface area contributed by atoms with Crippen LogP contribution in [0.5, 0.6) is 0 Å². The Labute approximate surface area is 194 Å². The number of fused-ring (bicyclic) bond motifs is 3. The van der Waals surface area contributed by atoms with Gasteiger partial charge in [-0.05, 0) is 42.0 Å². The number of alkyl carbamates (subject to hydrolysis) is 1. The fourth-order valence-corrected chi connectivity index (χ4v) is 4.04. The average molecular weight is 453 g/mol. The summed E-state index contributed by atoms with van der Waals surface area (Å²) in [4.78, 5) is 36.6. The predicted octanol–water partition coefficient (Wildman–Crippen LogP) is 4.17. The Bertz CT molecular complexity index is 987. The standard InChI is InChI=1S/C26H32N2O5/c1-5-16(2)22(23(29)30)28-24(31)26(3,4)15-27-25(32)33-14-21-19-12-8-6-10-17(19)18-11-7-9-13-20(18)21/h6-13,16,21-22H,5,14-15H2,1-4H3,(H,27,32)(H,28,31)(H,29,30)/t16?,22-/m0/s1. The van der Waals surface area contributed by atoms with Crippen molar-refractivity contribution in [2.45, 2.75) is 46.1 Å². The monoisotopic (exact) mass is 452 g/mol. The molecule has 1 unspecified atom stereocenters. The number of aliphatic carboxylic acids is 1. The second-order valence-corrected chi connectivity index (χ2v) is 9.24. The molecule has 2 amide bonds. The number of ether oxygens (including phenoxy) is 1. The second kappa shape index (κ2) is 10.1. The molecule has 1 aliphatic carbocycles. The molecule has 3 rings (SSSR count). The maximum atomic E-state index is 12.7. The van der Waals surface area contributed by atoms with E-state index in [-0.39, 0.29) is 25.0 Å². The van der Waals surface area contributed by atoms with Crippen molar-refractivity contribution in [3.05, 3.63) is 59.7 Å². The van der Waals surface area contributed by atoms with Gasteiger partial charge in [-0.1, -0.05) is 68.8 Å². The highest BCUT2D eigenvalue weighted by Crippen LogP contribution is 2.44. The van der Waals surface area contributed by atoms with Crippen molar-refractivity contribution in [3.63, 3.8) is 0 Å². The zero-order valence-electron chi connectivity index (χ0n) is 19.6. The number of rotatable bonds is 9. The van der Waals surface area contributed by atoms with Crippen molar-refractivity contribution in [2.24, 2.45) is 11.3 Å². The Morgan fingerprint density at radius 3 is 2.09 bits per heavy atom. The maximum Gasteiger partial charge on any atom is 0.407 e. The molecule has 0 fully saturated rings. The lowest BCUT2D eigenvalue weighted by Gasteiger charge is -2.28. The van der Waals surface area contributed by atoms with E-state index in [1.165, 1.54) is 0 Å². The molecular weight excluding hydrogens is 420 g/mol. The third-order valence-electron chi connectivity index (χ3n) is 6.40. The van der Waals surface area contributed by atoms with Gasteiger partial charge in [0.1, 0.15) is 12.6 Å². The van der Waals surface area contributed by atoms with E-state index in [9.17, 15) is 19.5 Å². The van der Waals surface area contributed by atoms with Crippen LogP contribution in [-0.2, 0) is 14.3 Å². The summed E-state index contributed by atoms with van der Waals surface area (Å²) in [5.41, 5.74) is 3.53. The van der Waals surface area contributed by atoms with Crippen molar-refractivity contribution in [1.29, 1.82) is 0 Å². The summed E-state index contributed by atoms with van der Waals surface area (Å²) in [6, 6.07) is 15.2. The van der Waals surface area contributed by atoms with Gasteiger partial charge in [0.15, 0.2) is 0 Å². The Hall–Kier alpha value is -3.35. The molecule has 2 aromatic rings. The van der Waals surface area contributed by atoms with E-state index < -0.39 is 29.4 Å². The van der Waals surface area contributed by atoms with Crippen LogP contribution in [0.3, 0.4) is 0 Å². The van der Waals surface area contributed by atoms with Gasteiger partial charge < -0.3 is 20.5 Å². The maximum absolute atomic E-state index is 12.7. The lowest BCUT2D eigenvalue weighted by molar-refractivity contribution is -0.145. The Balaban J connectivity index is 1.57. The molecule has 7 heteroatoms. The summed E-state index contributed by atoms with van der Waals surface area (Å²) in [5.74, 6) is -1.77. The molecule has 0 spiro atoms. The molecular formula is C26H32N2O5. The minimum absolute atomic E-state index is 0.0162. The first-order valence-corrected chi connectivity index (χ1v) is 11.3. The van der Waals surface area contributed by atoms with E-state index in [0.29, 0.717) is 6.42 Å². The highest BCUT2D eigenvalue weighted by atomic mass is 16.5. The average Bonchev–Trinajstić information content (AvgIpc) is 3.12. The topological polar surface area (TPSA) is 105 Å². The minimum Gasteiger partial charge on any atom is -0.480 e.